The molecule has 3 saturated carbocycles. The van der Waals surface area contributed by atoms with E-state index in [9.17, 15) is 9.59 Å². The van der Waals surface area contributed by atoms with Crippen molar-refractivity contribution in [3.63, 3.8) is 0 Å². The first-order chi connectivity index (χ1) is 17.9. The van der Waals surface area contributed by atoms with Crippen LogP contribution in [-0.4, -0.2) is 24.4 Å². The molecule has 4 heteroatoms. The Labute approximate surface area is 222 Å². The summed E-state index contributed by atoms with van der Waals surface area (Å²) in [6, 6.07) is 21.5. The molecule has 4 aliphatic rings. The Hall–Kier alpha value is -2.62. The maximum absolute atomic E-state index is 13.8. The second-order valence-electron chi connectivity index (χ2n) is 12.9. The second-order valence-corrected chi connectivity index (χ2v) is 12.9. The molecule has 6 rings (SSSR count). The summed E-state index contributed by atoms with van der Waals surface area (Å²) in [5.41, 5.74) is 2.79. The Morgan fingerprint density at radius 1 is 0.865 bits per heavy atom. The van der Waals surface area contributed by atoms with Crippen LogP contribution < -0.4 is 10.6 Å². The number of fused-ring (bicyclic) bond motifs is 5. The van der Waals surface area contributed by atoms with Gasteiger partial charge in [0, 0.05) is 30.8 Å². The zero-order chi connectivity index (χ0) is 25.6. The molecule has 4 fully saturated rings. The van der Waals surface area contributed by atoms with Crippen molar-refractivity contribution in [3.05, 3.63) is 71.8 Å². The quantitative estimate of drug-likeness (QED) is 0.525. The molecular formula is C33H42N2O2. The Bertz CT molecular complexity index is 1090. The van der Waals surface area contributed by atoms with Gasteiger partial charge < -0.3 is 10.6 Å². The summed E-state index contributed by atoms with van der Waals surface area (Å²) < 4.78 is 0. The van der Waals surface area contributed by atoms with Gasteiger partial charge in [-0.2, -0.15) is 0 Å². The standard InChI is InChI=1S/C33H42N2O2/c1-32-19-17-27-24(13-16-29-33(27,2)20-18-30(36)35-29)26(32)14-15-28(32)31(37)34-21-25(22-9-5-3-6-10-22)23-11-7-4-8-12-23/h3-12,24-29H,13-21H2,1-2H3,(H,34,37)(H,35,36)/t24-,26-,27-,28+,29+,32-,33+/m0/s1. The van der Waals surface area contributed by atoms with Gasteiger partial charge in [-0.3, -0.25) is 9.59 Å². The van der Waals surface area contributed by atoms with Gasteiger partial charge in [0.05, 0.1) is 0 Å². The fourth-order valence-electron chi connectivity index (χ4n) is 9.26. The first-order valence-electron chi connectivity index (χ1n) is 14.6. The van der Waals surface area contributed by atoms with Crippen LogP contribution in [0, 0.1) is 34.5 Å². The topological polar surface area (TPSA) is 58.2 Å². The van der Waals surface area contributed by atoms with E-state index < -0.39 is 0 Å². The molecule has 0 unspecified atom stereocenters. The van der Waals surface area contributed by atoms with Crippen LogP contribution in [0.2, 0.25) is 0 Å². The number of nitrogens with one attached hydrogen (secondary N) is 2. The molecule has 0 aromatic heterocycles. The number of piperidine rings is 1. The highest BCUT2D eigenvalue weighted by atomic mass is 16.2. The first kappa shape index (κ1) is 24.7. The molecule has 4 nitrogen and oxygen atoms in total. The van der Waals surface area contributed by atoms with E-state index in [0.717, 1.165) is 25.7 Å². The lowest BCUT2D eigenvalue weighted by molar-refractivity contribution is -0.141. The van der Waals surface area contributed by atoms with Crippen LogP contribution >= 0.6 is 0 Å². The Balaban J connectivity index is 1.17. The first-order valence-corrected chi connectivity index (χ1v) is 14.6. The van der Waals surface area contributed by atoms with E-state index in [2.05, 4.69) is 85.1 Å². The van der Waals surface area contributed by atoms with Crippen LogP contribution in [0.1, 0.15) is 82.3 Å². The minimum Gasteiger partial charge on any atom is -0.355 e. The largest absolute Gasteiger partial charge is 0.355 e. The molecule has 1 aliphatic heterocycles. The predicted molar refractivity (Wildman–Crippen MR) is 147 cm³/mol. The lowest BCUT2D eigenvalue weighted by atomic mass is 9.47. The molecule has 2 amide bonds. The van der Waals surface area contributed by atoms with Crippen molar-refractivity contribution in [2.24, 2.45) is 34.5 Å². The SMILES string of the molecule is C[C@]12CCC(=O)N[C@@H]1CC[C@@H]1[C@@H]2CC[C@]2(C)[C@@H](C(=O)NCC(c3ccccc3)c3ccccc3)CC[C@@H]12. The number of amides is 2. The van der Waals surface area contributed by atoms with Gasteiger partial charge in [-0.05, 0) is 84.7 Å². The summed E-state index contributed by atoms with van der Waals surface area (Å²) in [5.74, 6) is 2.73. The van der Waals surface area contributed by atoms with Crippen LogP contribution in [0.15, 0.2) is 60.7 Å². The molecule has 7 atom stereocenters. The second kappa shape index (κ2) is 9.60. The number of benzene rings is 2. The third-order valence-corrected chi connectivity index (χ3v) is 11.3. The van der Waals surface area contributed by atoms with Crippen LogP contribution in [0.25, 0.3) is 0 Å². The number of rotatable bonds is 5. The van der Waals surface area contributed by atoms with E-state index in [1.807, 2.05) is 0 Å². The summed E-state index contributed by atoms with van der Waals surface area (Å²) >= 11 is 0. The summed E-state index contributed by atoms with van der Waals surface area (Å²) in [6.07, 6.45) is 8.51. The van der Waals surface area contributed by atoms with E-state index in [-0.39, 0.29) is 34.5 Å². The fraction of sp³-hybridized carbons (Fsp3) is 0.576. The van der Waals surface area contributed by atoms with E-state index in [4.69, 9.17) is 0 Å². The average molecular weight is 499 g/mol. The monoisotopic (exact) mass is 498 g/mol. The molecule has 1 heterocycles. The lowest BCUT2D eigenvalue weighted by Crippen LogP contribution is -2.61. The predicted octanol–water partition coefficient (Wildman–Crippen LogP) is 6.07. The third-order valence-electron chi connectivity index (χ3n) is 11.3. The zero-order valence-corrected chi connectivity index (χ0v) is 22.4. The summed E-state index contributed by atoms with van der Waals surface area (Å²) in [4.78, 5) is 25.9. The van der Waals surface area contributed by atoms with Gasteiger partial charge in [0.15, 0.2) is 0 Å². The highest BCUT2D eigenvalue weighted by Gasteiger charge is 2.61. The van der Waals surface area contributed by atoms with Gasteiger partial charge in [-0.25, -0.2) is 0 Å². The molecule has 2 aromatic carbocycles. The van der Waals surface area contributed by atoms with Crippen LogP contribution in [0.3, 0.4) is 0 Å². The van der Waals surface area contributed by atoms with Crippen molar-refractivity contribution in [2.75, 3.05) is 6.54 Å². The maximum Gasteiger partial charge on any atom is 0.223 e. The summed E-state index contributed by atoms with van der Waals surface area (Å²) in [5, 5.41) is 6.76. The normalized spacial score (nSPS) is 36.7. The summed E-state index contributed by atoms with van der Waals surface area (Å²) in [7, 11) is 0. The van der Waals surface area contributed by atoms with E-state index >= 15 is 0 Å². The van der Waals surface area contributed by atoms with Crippen molar-refractivity contribution < 1.29 is 9.59 Å². The molecule has 0 bridgehead atoms. The maximum atomic E-state index is 13.8. The highest BCUT2D eigenvalue weighted by Crippen LogP contribution is 2.65. The fourth-order valence-corrected chi connectivity index (χ4v) is 9.26. The minimum atomic E-state index is 0.0847. The van der Waals surface area contributed by atoms with Gasteiger partial charge in [0.2, 0.25) is 11.8 Å². The van der Waals surface area contributed by atoms with Gasteiger partial charge in [-0.1, -0.05) is 74.5 Å². The van der Waals surface area contributed by atoms with Crippen molar-refractivity contribution in [1.82, 2.24) is 10.6 Å². The van der Waals surface area contributed by atoms with Gasteiger partial charge in [-0.15, -0.1) is 0 Å². The van der Waals surface area contributed by atoms with E-state index in [0.29, 0.717) is 36.8 Å². The molecule has 2 N–H and O–H groups in total. The zero-order valence-electron chi connectivity index (χ0n) is 22.4. The number of hydrogen-bond donors (Lipinski definition) is 2. The van der Waals surface area contributed by atoms with Gasteiger partial charge >= 0.3 is 0 Å². The Kier molecular flexibility index (Phi) is 6.41. The lowest BCUT2D eigenvalue weighted by Gasteiger charge is -2.60. The molecule has 0 radical (unpaired) electrons. The summed E-state index contributed by atoms with van der Waals surface area (Å²) in [6.45, 7) is 5.51. The average Bonchev–Trinajstić information content (AvgIpc) is 3.28. The molecular weight excluding hydrogens is 456 g/mol. The van der Waals surface area contributed by atoms with Crippen molar-refractivity contribution in [2.45, 2.75) is 77.2 Å². The van der Waals surface area contributed by atoms with Crippen molar-refractivity contribution in [1.29, 1.82) is 0 Å². The van der Waals surface area contributed by atoms with Crippen LogP contribution in [0.4, 0.5) is 0 Å². The number of carbonyl (C=O) groups excluding carboxylic acids is 2. The molecule has 0 spiro atoms. The van der Waals surface area contributed by atoms with Gasteiger partial charge in [0.1, 0.15) is 0 Å². The highest BCUT2D eigenvalue weighted by molar-refractivity contribution is 5.80. The number of hydrogen-bond acceptors (Lipinski definition) is 2. The molecule has 196 valence electrons. The van der Waals surface area contributed by atoms with E-state index in [1.54, 1.807) is 0 Å². The minimum absolute atomic E-state index is 0.0847. The molecule has 3 aliphatic carbocycles. The van der Waals surface area contributed by atoms with E-state index in [1.165, 1.54) is 30.4 Å². The van der Waals surface area contributed by atoms with Crippen LogP contribution in [-0.2, 0) is 9.59 Å². The molecule has 37 heavy (non-hydrogen) atoms. The smallest absolute Gasteiger partial charge is 0.223 e. The Morgan fingerprint density at radius 3 is 2.19 bits per heavy atom. The number of carbonyl (C=O) groups is 2. The molecule has 2 aromatic rings. The Morgan fingerprint density at radius 2 is 1.51 bits per heavy atom. The van der Waals surface area contributed by atoms with Crippen molar-refractivity contribution in [3.8, 4) is 0 Å². The van der Waals surface area contributed by atoms with Crippen molar-refractivity contribution >= 4 is 11.8 Å². The van der Waals surface area contributed by atoms with Crippen LogP contribution in [0.5, 0.6) is 0 Å². The molecule has 1 saturated heterocycles. The van der Waals surface area contributed by atoms with Gasteiger partial charge in [0.25, 0.3) is 0 Å². The third kappa shape index (κ3) is 4.21.